The minimum atomic E-state index is -0.916. The molecule has 1 amide bonds. The van der Waals surface area contributed by atoms with Crippen molar-refractivity contribution in [1.29, 1.82) is 0 Å². The van der Waals surface area contributed by atoms with Crippen molar-refractivity contribution in [1.82, 2.24) is 9.88 Å². The SMILES string of the molecule is COCc1nc(CC(=O)N2CC(O)(c3ccccc3)C2)cs1. The van der Waals surface area contributed by atoms with Gasteiger partial charge in [0.15, 0.2) is 0 Å². The number of hydrogen-bond donors (Lipinski definition) is 1. The quantitative estimate of drug-likeness (QED) is 0.909. The number of benzene rings is 1. The molecule has 0 saturated carbocycles. The molecule has 2 aromatic rings. The standard InChI is InChI=1S/C16H18N2O3S/c1-21-8-14-17-13(9-22-14)7-15(19)18-10-16(20,11-18)12-5-3-2-4-6-12/h2-6,9,20H,7-8,10-11H2,1H3. The smallest absolute Gasteiger partial charge is 0.228 e. The molecule has 1 saturated heterocycles. The Hall–Kier alpha value is -1.76. The van der Waals surface area contributed by atoms with Gasteiger partial charge in [0.1, 0.15) is 10.6 Å². The minimum Gasteiger partial charge on any atom is -0.381 e. The third kappa shape index (κ3) is 3.04. The highest BCUT2D eigenvalue weighted by molar-refractivity contribution is 7.09. The lowest BCUT2D eigenvalue weighted by molar-refractivity contribution is -0.156. The molecule has 0 radical (unpaired) electrons. The van der Waals surface area contributed by atoms with Crippen LogP contribution in [0.1, 0.15) is 16.3 Å². The normalized spacial score (nSPS) is 16.4. The summed E-state index contributed by atoms with van der Waals surface area (Å²) in [4.78, 5) is 18.3. The molecular formula is C16H18N2O3S. The zero-order chi connectivity index (χ0) is 15.6. The van der Waals surface area contributed by atoms with Crippen LogP contribution in [0.5, 0.6) is 0 Å². The fourth-order valence-electron chi connectivity index (χ4n) is 2.58. The van der Waals surface area contributed by atoms with E-state index in [0.29, 0.717) is 19.7 Å². The summed E-state index contributed by atoms with van der Waals surface area (Å²) < 4.78 is 5.02. The number of aromatic nitrogens is 1. The van der Waals surface area contributed by atoms with E-state index in [1.54, 1.807) is 12.0 Å². The zero-order valence-electron chi connectivity index (χ0n) is 12.4. The number of carbonyl (C=O) groups is 1. The average molecular weight is 318 g/mol. The predicted octanol–water partition coefficient (Wildman–Crippen LogP) is 1.56. The summed E-state index contributed by atoms with van der Waals surface area (Å²) in [6, 6.07) is 9.47. The molecule has 0 aliphatic carbocycles. The van der Waals surface area contributed by atoms with Gasteiger partial charge in [-0.25, -0.2) is 4.98 Å². The third-order valence-electron chi connectivity index (χ3n) is 3.77. The molecule has 1 aliphatic heterocycles. The van der Waals surface area contributed by atoms with E-state index in [-0.39, 0.29) is 12.3 Å². The zero-order valence-corrected chi connectivity index (χ0v) is 13.2. The molecule has 2 heterocycles. The van der Waals surface area contributed by atoms with E-state index in [4.69, 9.17) is 4.74 Å². The van der Waals surface area contributed by atoms with Crippen molar-refractivity contribution < 1.29 is 14.6 Å². The Morgan fingerprint density at radius 1 is 1.41 bits per heavy atom. The molecule has 0 spiro atoms. The Kier molecular flexibility index (Phi) is 4.24. The number of rotatable bonds is 5. The van der Waals surface area contributed by atoms with Crippen LogP contribution in [-0.2, 0) is 28.2 Å². The van der Waals surface area contributed by atoms with E-state index in [0.717, 1.165) is 16.3 Å². The number of carbonyl (C=O) groups excluding carboxylic acids is 1. The number of hydrogen-bond acceptors (Lipinski definition) is 5. The van der Waals surface area contributed by atoms with Gasteiger partial charge in [0, 0.05) is 12.5 Å². The molecule has 0 unspecified atom stereocenters. The third-order valence-corrected chi connectivity index (χ3v) is 4.64. The second kappa shape index (κ2) is 6.16. The molecule has 0 bridgehead atoms. The summed E-state index contributed by atoms with van der Waals surface area (Å²) in [7, 11) is 1.62. The lowest BCUT2D eigenvalue weighted by Gasteiger charge is -2.46. The van der Waals surface area contributed by atoms with Crippen molar-refractivity contribution in [2.45, 2.75) is 18.6 Å². The number of aliphatic hydroxyl groups is 1. The Morgan fingerprint density at radius 3 is 2.82 bits per heavy atom. The highest BCUT2D eigenvalue weighted by atomic mass is 32.1. The molecule has 5 nitrogen and oxygen atoms in total. The fraction of sp³-hybridized carbons (Fsp3) is 0.375. The first-order chi connectivity index (χ1) is 10.6. The largest absolute Gasteiger partial charge is 0.381 e. The van der Waals surface area contributed by atoms with E-state index >= 15 is 0 Å². The highest BCUT2D eigenvalue weighted by Crippen LogP contribution is 2.32. The number of β-amino-alcohol motifs (C(OH)–C–C–N with tert-alkyl or cyclic N) is 1. The Morgan fingerprint density at radius 2 is 2.14 bits per heavy atom. The van der Waals surface area contributed by atoms with Crippen LogP contribution in [0.15, 0.2) is 35.7 Å². The van der Waals surface area contributed by atoms with Crippen LogP contribution in [0, 0.1) is 0 Å². The van der Waals surface area contributed by atoms with Gasteiger partial charge in [-0.1, -0.05) is 30.3 Å². The predicted molar refractivity (Wildman–Crippen MR) is 83.4 cm³/mol. The number of ether oxygens (including phenoxy) is 1. The maximum absolute atomic E-state index is 12.2. The van der Waals surface area contributed by atoms with Crippen molar-refractivity contribution in [3.05, 3.63) is 52.0 Å². The number of nitrogens with zero attached hydrogens (tertiary/aromatic N) is 2. The fourth-order valence-corrected chi connectivity index (χ4v) is 3.34. The molecule has 1 aromatic heterocycles. The van der Waals surface area contributed by atoms with Crippen LogP contribution in [0.3, 0.4) is 0 Å². The monoisotopic (exact) mass is 318 g/mol. The van der Waals surface area contributed by atoms with Gasteiger partial charge in [0.25, 0.3) is 0 Å². The van der Waals surface area contributed by atoms with Crippen molar-refractivity contribution in [2.75, 3.05) is 20.2 Å². The van der Waals surface area contributed by atoms with Gasteiger partial charge in [-0.15, -0.1) is 11.3 Å². The summed E-state index contributed by atoms with van der Waals surface area (Å²) in [6.45, 7) is 1.14. The van der Waals surface area contributed by atoms with Gasteiger partial charge in [0.05, 0.1) is 31.8 Å². The van der Waals surface area contributed by atoms with Gasteiger partial charge >= 0.3 is 0 Å². The number of methoxy groups -OCH3 is 1. The van der Waals surface area contributed by atoms with E-state index < -0.39 is 5.60 Å². The molecule has 22 heavy (non-hydrogen) atoms. The van der Waals surface area contributed by atoms with Gasteiger partial charge in [0.2, 0.25) is 5.91 Å². The van der Waals surface area contributed by atoms with E-state index in [1.807, 2.05) is 35.7 Å². The van der Waals surface area contributed by atoms with Crippen molar-refractivity contribution in [2.24, 2.45) is 0 Å². The molecule has 1 N–H and O–H groups in total. The molecule has 1 aromatic carbocycles. The highest BCUT2D eigenvalue weighted by Gasteiger charge is 2.44. The molecule has 0 atom stereocenters. The molecule has 6 heteroatoms. The minimum absolute atomic E-state index is 0.00475. The van der Waals surface area contributed by atoms with E-state index in [9.17, 15) is 9.90 Å². The first-order valence-electron chi connectivity index (χ1n) is 7.08. The van der Waals surface area contributed by atoms with Crippen LogP contribution in [0.4, 0.5) is 0 Å². The van der Waals surface area contributed by atoms with Crippen molar-refractivity contribution >= 4 is 17.2 Å². The van der Waals surface area contributed by atoms with E-state index in [1.165, 1.54) is 11.3 Å². The number of thiazole rings is 1. The Labute approximate surface area is 133 Å². The Bertz CT molecular complexity index is 650. The first-order valence-corrected chi connectivity index (χ1v) is 7.96. The molecule has 1 fully saturated rings. The van der Waals surface area contributed by atoms with Crippen LogP contribution >= 0.6 is 11.3 Å². The molecule has 116 valence electrons. The van der Waals surface area contributed by atoms with Crippen molar-refractivity contribution in [3.63, 3.8) is 0 Å². The maximum atomic E-state index is 12.2. The Balaban J connectivity index is 1.57. The van der Waals surface area contributed by atoms with Crippen molar-refractivity contribution in [3.8, 4) is 0 Å². The maximum Gasteiger partial charge on any atom is 0.228 e. The molecular weight excluding hydrogens is 300 g/mol. The van der Waals surface area contributed by atoms with Crippen LogP contribution in [0.25, 0.3) is 0 Å². The van der Waals surface area contributed by atoms with Crippen LogP contribution < -0.4 is 0 Å². The summed E-state index contributed by atoms with van der Waals surface area (Å²) in [6.07, 6.45) is 0.269. The lowest BCUT2D eigenvalue weighted by Crippen LogP contribution is -2.61. The summed E-state index contributed by atoms with van der Waals surface area (Å²) in [5, 5.41) is 13.3. The van der Waals surface area contributed by atoms with Crippen LogP contribution in [-0.4, -0.2) is 41.1 Å². The number of likely N-dealkylation sites (tertiary alicyclic amines) is 1. The molecule has 3 rings (SSSR count). The van der Waals surface area contributed by atoms with E-state index in [2.05, 4.69) is 4.98 Å². The number of amides is 1. The first kappa shape index (κ1) is 15.1. The van der Waals surface area contributed by atoms with Crippen LogP contribution in [0.2, 0.25) is 0 Å². The summed E-state index contributed by atoms with van der Waals surface area (Å²) >= 11 is 1.49. The van der Waals surface area contributed by atoms with Gasteiger partial charge in [-0.05, 0) is 5.56 Å². The average Bonchev–Trinajstić information content (AvgIpc) is 2.92. The summed E-state index contributed by atoms with van der Waals surface area (Å²) in [5.41, 5.74) is 0.701. The lowest BCUT2D eigenvalue weighted by atomic mass is 9.86. The molecule has 1 aliphatic rings. The topological polar surface area (TPSA) is 62.7 Å². The van der Waals surface area contributed by atoms with Gasteiger partial charge < -0.3 is 14.7 Å². The van der Waals surface area contributed by atoms with Gasteiger partial charge in [-0.3, -0.25) is 4.79 Å². The second-order valence-electron chi connectivity index (χ2n) is 5.49. The second-order valence-corrected chi connectivity index (χ2v) is 6.43. The summed E-state index contributed by atoms with van der Waals surface area (Å²) in [5.74, 6) is -0.00475. The van der Waals surface area contributed by atoms with Gasteiger partial charge in [-0.2, -0.15) is 0 Å².